The molecule has 0 bridgehead atoms. The fourth-order valence-corrected chi connectivity index (χ4v) is 3.21. The summed E-state index contributed by atoms with van der Waals surface area (Å²) in [4.78, 5) is 3.82. The molecule has 0 amide bonds. The molecule has 0 radical (unpaired) electrons. The molecule has 0 aliphatic heterocycles. The molecule has 18 heavy (non-hydrogen) atoms. The predicted molar refractivity (Wildman–Crippen MR) is 67.9 cm³/mol. The van der Waals surface area contributed by atoms with Crippen molar-refractivity contribution in [2.45, 2.75) is 31.3 Å². The van der Waals surface area contributed by atoms with Crippen LogP contribution in [0.2, 0.25) is 0 Å². The van der Waals surface area contributed by atoms with Gasteiger partial charge in [0.1, 0.15) is 0 Å². The zero-order valence-electron chi connectivity index (χ0n) is 10.4. The summed E-state index contributed by atoms with van der Waals surface area (Å²) in [5, 5.41) is 8.42. The first-order chi connectivity index (χ1) is 8.41. The summed E-state index contributed by atoms with van der Waals surface area (Å²) >= 11 is 0. The molecule has 1 aromatic heterocycles. The Labute approximate surface area is 107 Å². The smallest absolute Gasteiger partial charge is 0.262 e. The Morgan fingerprint density at radius 2 is 2.22 bits per heavy atom. The van der Waals surface area contributed by atoms with Crippen LogP contribution in [0.15, 0.2) is 23.4 Å². The molecule has 0 aliphatic rings. The van der Waals surface area contributed by atoms with E-state index in [1.165, 1.54) is 16.6 Å². The van der Waals surface area contributed by atoms with Crippen LogP contribution in [-0.4, -0.2) is 30.3 Å². The van der Waals surface area contributed by atoms with Crippen molar-refractivity contribution in [2.75, 3.05) is 12.3 Å². The van der Waals surface area contributed by atoms with Gasteiger partial charge in [0.05, 0.1) is 11.8 Å². The van der Waals surface area contributed by atoms with E-state index in [0.29, 0.717) is 0 Å². The van der Waals surface area contributed by atoms with E-state index in [1.807, 2.05) is 6.07 Å². The standard InChI is InChI=1S/C11H16N4O2S/c1-9(2)15(8-4-6-12)18(16,17)11-10(13)5-3-7-14-11/h3,5,7,9H,4,8,13H2,1-2H3. The lowest BCUT2D eigenvalue weighted by molar-refractivity contribution is 0.359. The van der Waals surface area contributed by atoms with Crippen molar-refractivity contribution in [2.24, 2.45) is 0 Å². The number of anilines is 1. The topological polar surface area (TPSA) is 100 Å². The molecule has 0 aromatic carbocycles. The Morgan fingerprint density at radius 1 is 1.56 bits per heavy atom. The molecular formula is C11H16N4O2S. The second kappa shape index (κ2) is 5.80. The van der Waals surface area contributed by atoms with E-state index in [-0.39, 0.29) is 29.7 Å². The van der Waals surface area contributed by atoms with Crippen LogP contribution in [0, 0.1) is 11.3 Å². The van der Waals surface area contributed by atoms with E-state index in [2.05, 4.69) is 4.98 Å². The van der Waals surface area contributed by atoms with Gasteiger partial charge in [-0.1, -0.05) is 0 Å². The van der Waals surface area contributed by atoms with E-state index in [4.69, 9.17) is 11.0 Å². The van der Waals surface area contributed by atoms with Gasteiger partial charge in [-0.25, -0.2) is 13.4 Å². The van der Waals surface area contributed by atoms with Gasteiger partial charge in [-0.2, -0.15) is 9.57 Å². The second-order valence-corrected chi connectivity index (χ2v) is 5.82. The lowest BCUT2D eigenvalue weighted by Gasteiger charge is -2.24. The molecule has 0 unspecified atom stereocenters. The van der Waals surface area contributed by atoms with Gasteiger partial charge in [0.15, 0.2) is 5.03 Å². The minimum absolute atomic E-state index is 0.111. The largest absolute Gasteiger partial charge is 0.396 e. The summed E-state index contributed by atoms with van der Waals surface area (Å²) in [7, 11) is -3.76. The Balaban J connectivity index is 3.19. The molecule has 2 N–H and O–H groups in total. The summed E-state index contributed by atoms with van der Waals surface area (Å²) in [5.74, 6) is 0. The minimum atomic E-state index is -3.76. The van der Waals surface area contributed by atoms with E-state index in [9.17, 15) is 8.42 Å². The average Bonchev–Trinajstić information content (AvgIpc) is 2.29. The Kier molecular flexibility index (Phi) is 4.64. The second-order valence-electron chi connectivity index (χ2n) is 4.02. The molecular weight excluding hydrogens is 252 g/mol. The van der Waals surface area contributed by atoms with Gasteiger partial charge >= 0.3 is 0 Å². The third-order valence-electron chi connectivity index (χ3n) is 2.37. The van der Waals surface area contributed by atoms with Crippen LogP contribution in [0.5, 0.6) is 0 Å². The first kappa shape index (κ1) is 14.4. The zero-order chi connectivity index (χ0) is 13.8. The number of hydrogen-bond donors (Lipinski definition) is 1. The van der Waals surface area contributed by atoms with E-state index >= 15 is 0 Å². The number of rotatable bonds is 5. The van der Waals surface area contributed by atoms with Gasteiger partial charge in [-0.05, 0) is 26.0 Å². The van der Waals surface area contributed by atoms with Crippen molar-refractivity contribution in [1.29, 1.82) is 5.26 Å². The van der Waals surface area contributed by atoms with Gasteiger partial charge in [-0.15, -0.1) is 0 Å². The predicted octanol–water partition coefficient (Wildman–Crippen LogP) is 0.977. The number of nitriles is 1. The van der Waals surface area contributed by atoms with Crippen LogP contribution in [0.25, 0.3) is 0 Å². The van der Waals surface area contributed by atoms with Gasteiger partial charge in [0.25, 0.3) is 10.0 Å². The third-order valence-corrected chi connectivity index (χ3v) is 4.43. The molecule has 0 saturated carbocycles. The highest BCUT2D eigenvalue weighted by Gasteiger charge is 2.29. The highest BCUT2D eigenvalue weighted by atomic mass is 32.2. The van der Waals surface area contributed by atoms with E-state index < -0.39 is 10.0 Å². The summed E-state index contributed by atoms with van der Waals surface area (Å²) < 4.78 is 26.0. The molecule has 0 atom stereocenters. The maximum atomic E-state index is 12.4. The van der Waals surface area contributed by atoms with Crippen LogP contribution in [-0.2, 0) is 10.0 Å². The highest BCUT2D eigenvalue weighted by Crippen LogP contribution is 2.21. The molecule has 0 saturated heterocycles. The molecule has 6 nitrogen and oxygen atoms in total. The Hall–Kier alpha value is -1.65. The van der Waals surface area contributed by atoms with Gasteiger partial charge in [0.2, 0.25) is 0 Å². The molecule has 0 fully saturated rings. The molecule has 7 heteroatoms. The molecule has 0 aliphatic carbocycles. The first-order valence-electron chi connectivity index (χ1n) is 5.50. The fourth-order valence-electron chi connectivity index (χ4n) is 1.55. The van der Waals surface area contributed by atoms with Crippen LogP contribution in [0.4, 0.5) is 5.69 Å². The molecule has 1 aromatic rings. The molecule has 0 spiro atoms. The number of pyridine rings is 1. The van der Waals surface area contributed by atoms with E-state index in [1.54, 1.807) is 19.9 Å². The summed E-state index contributed by atoms with van der Waals surface area (Å²) in [6, 6.07) is 4.74. The van der Waals surface area contributed by atoms with Crippen LogP contribution >= 0.6 is 0 Å². The van der Waals surface area contributed by atoms with Crippen molar-refractivity contribution >= 4 is 15.7 Å². The third kappa shape index (κ3) is 2.97. The van der Waals surface area contributed by atoms with Crippen LogP contribution in [0.1, 0.15) is 20.3 Å². The quantitative estimate of drug-likeness (QED) is 0.857. The summed E-state index contributed by atoms with van der Waals surface area (Å²) in [6.07, 6.45) is 1.51. The first-order valence-corrected chi connectivity index (χ1v) is 6.94. The van der Waals surface area contributed by atoms with E-state index in [0.717, 1.165) is 0 Å². The minimum Gasteiger partial charge on any atom is -0.396 e. The fraction of sp³-hybridized carbons (Fsp3) is 0.455. The van der Waals surface area contributed by atoms with Crippen LogP contribution in [0.3, 0.4) is 0 Å². The number of hydrogen-bond acceptors (Lipinski definition) is 5. The number of sulfonamides is 1. The average molecular weight is 268 g/mol. The Bertz CT molecular complexity index is 548. The van der Waals surface area contributed by atoms with Gasteiger partial charge < -0.3 is 5.73 Å². The Morgan fingerprint density at radius 3 is 2.72 bits per heavy atom. The van der Waals surface area contributed by atoms with Crippen molar-refractivity contribution in [3.05, 3.63) is 18.3 Å². The molecule has 1 heterocycles. The van der Waals surface area contributed by atoms with Crippen molar-refractivity contribution in [3.63, 3.8) is 0 Å². The number of nitrogens with zero attached hydrogens (tertiary/aromatic N) is 3. The molecule has 98 valence electrons. The normalized spacial score (nSPS) is 11.7. The molecule has 1 rings (SSSR count). The number of nitrogens with two attached hydrogens (primary N) is 1. The SMILES string of the molecule is CC(C)N(CCC#N)S(=O)(=O)c1ncccc1N. The van der Waals surface area contributed by atoms with Gasteiger partial charge in [-0.3, -0.25) is 0 Å². The lowest BCUT2D eigenvalue weighted by atomic mass is 10.3. The number of nitrogen functional groups attached to an aromatic ring is 1. The summed E-state index contributed by atoms with van der Waals surface area (Å²) in [6.45, 7) is 3.62. The van der Waals surface area contributed by atoms with Crippen molar-refractivity contribution in [3.8, 4) is 6.07 Å². The van der Waals surface area contributed by atoms with Crippen molar-refractivity contribution in [1.82, 2.24) is 9.29 Å². The summed E-state index contributed by atoms with van der Waals surface area (Å²) in [5.41, 5.74) is 5.75. The zero-order valence-corrected chi connectivity index (χ0v) is 11.2. The monoisotopic (exact) mass is 268 g/mol. The highest BCUT2D eigenvalue weighted by molar-refractivity contribution is 7.89. The van der Waals surface area contributed by atoms with Gasteiger partial charge in [0, 0.05) is 25.2 Å². The maximum Gasteiger partial charge on any atom is 0.262 e. The maximum absolute atomic E-state index is 12.4. The van der Waals surface area contributed by atoms with Crippen LogP contribution < -0.4 is 5.73 Å². The number of aromatic nitrogens is 1. The lowest BCUT2D eigenvalue weighted by Crippen LogP contribution is -2.38. The van der Waals surface area contributed by atoms with Crippen molar-refractivity contribution < 1.29 is 8.42 Å².